The lowest BCUT2D eigenvalue weighted by Gasteiger charge is -2.23. The second kappa shape index (κ2) is 11.4. The molecule has 0 saturated carbocycles. The normalized spacial score (nSPS) is 19.4. The van der Waals surface area contributed by atoms with Crippen molar-refractivity contribution in [2.24, 2.45) is 0 Å². The van der Waals surface area contributed by atoms with E-state index < -0.39 is 0 Å². The Morgan fingerprint density at radius 3 is 2.40 bits per heavy atom. The van der Waals surface area contributed by atoms with E-state index in [-0.39, 0.29) is 23.4 Å². The Morgan fingerprint density at radius 2 is 1.83 bits per heavy atom. The van der Waals surface area contributed by atoms with Crippen LogP contribution in [0.5, 0.6) is 11.5 Å². The number of anilines is 1. The number of halogens is 1. The smallest absolute Gasteiger partial charge is 0.239 e. The van der Waals surface area contributed by atoms with E-state index in [2.05, 4.69) is 31.8 Å². The molecule has 0 spiro atoms. The number of benzene rings is 1. The number of nitrogens with one attached hydrogen (secondary N) is 1. The Morgan fingerprint density at radius 1 is 1.14 bits per heavy atom. The number of hydrogen-bond acceptors (Lipinski definition) is 10. The lowest BCUT2D eigenvalue weighted by Crippen LogP contribution is -2.19. The second-order valence-corrected chi connectivity index (χ2v) is 9.66. The average molecular weight is 521 g/mol. The van der Waals surface area contributed by atoms with Gasteiger partial charge in [0.2, 0.25) is 5.95 Å². The molecule has 4 atom stereocenters. The molecule has 2 aromatic heterocycles. The van der Waals surface area contributed by atoms with Gasteiger partial charge in [-0.15, -0.1) is 10.2 Å². The highest BCUT2D eigenvalue weighted by atomic mass is 35.5. The maximum Gasteiger partial charge on any atom is 0.239 e. The fourth-order valence-corrected chi connectivity index (χ4v) is 5.01. The summed E-state index contributed by atoms with van der Waals surface area (Å²) in [6.45, 7) is 4.74. The van der Waals surface area contributed by atoms with Crippen molar-refractivity contribution in [3.05, 3.63) is 47.3 Å². The van der Waals surface area contributed by atoms with Crippen LogP contribution in [0.25, 0.3) is 5.69 Å². The third-order valence-corrected chi connectivity index (χ3v) is 7.05. The molecule has 1 saturated heterocycles. The van der Waals surface area contributed by atoms with Gasteiger partial charge in [-0.25, -0.2) is 9.97 Å². The Bertz CT molecular complexity index is 1110. The first-order chi connectivity index (χ1) is 17.0. The van der Waals surface area contributed by atoms with Gasteiger partial charge in [0, 0.05) is 32.0 Å². The van der Waals surface area contributed by atoms with Gasteiger partial charge in [0.25, 0.3) is 0 Å². The molecule has 4 unspecified atom stereocenters. The van der Waals surface area contributed by atoms with Crippen LogP contribution in [-0.4, -0.2) is 64.0 Å². The van der Waals surface area contributed by atoms with Crippen LogP contribution < -0.4 is 14.2 Å². The van der Waals surface area contributed by atoms with Gasteiger partial charge < -0.3 is 18.9 Å². The van der Waals surface area contributed by atoms with Gasteiger partial charge in [-0.1, -0.05) is 17.7 Å². The van der Waals surface area contributed by atoms with E-state index in [1.807, 2.05) is 29.7 Å². The van der Waals surface area contributed by atoms with Gasteiger partial charge in [0.05, 0.1) is 30.6 Å². The van der Waals surface area contributed by atoms with Gasteiger partial charge >= 0.3 is 0 Å². The lowest BCUT2D eigenvalue weighted by molar-refractivity contribution is 0.0972. The van der Waals surface area contributed by atoms with E-state index in [4.69, 9.17) is 30.5 Å². The van der Waals surface area contributed by atoms with E-state index >= 15 is 0 Å². The molecule has 10 nitrogen and oxygen atoms in total. The quantitative estimate of drug-likeness (QED) is 0.385. The molecule has 1 aliphatic heterocycles. The van der Waals surface area contributed by atoms with Crippen LogP contribution in [0.15, 0.2) is 30.6 Å². The molecule has 12 heteroatoms. The summed E-state index contributed by atoms with van der Waals surface area (Å²) >= 11 is 7.37. The first-order valence-corrected chi connectivity index (χ1v) is 12.4. The van der Waals surface area contributed by atoms with Crippen molar-refractivity contribution >= 4 is 29.5 Å². The molecule has 4 rings (SSSR count). The number of rotatable bonds is 10. The minimum Gasteiger partial charge on any atom is -0.494 e. The zero-order valence-corrected chi connectivity index (χ0v) is 21.8. The largest absolute Gasteiger partial charge is 0.494 e. The molecular weight excluding hydrogens is 492 g/mol. The topological polar surface area (TPSA) is 105 Å². The van der Waals surface area contributed by atoms with Crippen molar-refractivity contribution in [1.82, 2.24) is 24.7 Å². The fourth-order valence-electron chi connectivity index (χ4n) is 4.13. The summed E-state index contributed by atoms with van der Waals surface area (Å²) < 4.78 is 28.2. The summed E-state index contributed by atoms with van der Waals surface area (Å²) in [5, 5.41) is 9.44. The number of nitrogens with zero attached hydrogens (tertiary/aromatic N) is 5. The van der Waals surface area contributed by atoms with Crippen molar-refractivity contribution in [2.45, 2.75) is 43.6 Å². The summed E-state index contributed by atoms with van der Waals surface area (Å²) in [5.74, 6) is 3.21. The minimum absolute atomic E-state index is 0.0120. The number of hydrogen-bond donors (Lipinski definition) is 1. The fraction of sp³-hybridized carbons (Fsp3) is 0.478. The lowest BCUT2D eigenvalue weighted by atomic mass is 10.0. The standard InChI is InChI=1S/C23H29ClN6O4S/c1-13-16(9-10-34-13)22-27-28-23(30(22)19-17(31-3)7-6-8-18(19)32-4)29-35-14(2)20(33-5)21-25-11-15(24)12-26-21/h6-8,11-14,16,20H,9-10H2,1-5H3,(H,28,29). The Hall–Kier alpha value is -2.60. The summed E-state index contributed by atoms with van der Waals surface area (Å²) in [6.07, 6.45) is 3.60. The second-order valence-electron chi connectivity index (χ2n) is 8.04. The van der Waals surface area contributed by atoms with Crippen LogP contribution in [0.1, 0.15) is 43.9 Å². The predicted molar refractivity (Wildman–Crippen MR) is 135 cm³/mol. The number of methoxy groups -OCH3 is 3. The highest BCUT2D eigenvalue weighted by molar-refractivity contribution is 8.01. The monoisotopic (exact) mass is 520 g/mol. The maximum absolute atomic E-state index is 5.94. The number of para-hydroxylation sites is 1. The van der Waals surface area contributed by atoms with Crippen molar-refractivity contribution in [3.8, 4) is 17.2 Å². The van der Waals surface area contributed by atoms with Gasteiger partial charge in [0.1, 0.15) is 29.1 Å². The first-order valence-electron chi connectivity index (χ1n) is 11.2. The van der Waals surface area contributed by atoms with Crippen molar-refractivity contribution in [3.63, 3.8) is 0 Å². The molecule has 0 aliphatic carbocycles. The molecular formula is C23H29ClN6O4S. The average Bonchev–Trinajstić information content (AvgIpc) is 3.49. The van der Waals surface area contributed by atoms with Crippen LogP contribution >= 0.6 is 23.5 Å². The van der Waals surface area contributed by atoms with Crippen LogP contribution in [0.3, 0.4) is 0 Å². The van der Waals surface area contributed by atoms with Gasteiger partial charge in [-0.2, -0.15) is 0 Å². The third-order valence-electron chi connectivity index (χ3n) is 5.93. The summed E-state index contributed by atoms with van der Waals surface area (Å²) in [4.78, 5) is 8.62. The zero-order valence-electron chi connectivity index (χ0n) is 20.3. The summed E-state index contributed by atoms with van der Waals surface area (Å²) in [5.41, 5.74) is 0.719. The van der Waals surface area contributed by atoms with Crippen molar-refractivity contribution < 1.29 is 18.9 Å². The molecule has 1 fully saturated rings. The SMILES string of the molecule is COc1cccc(OC)c1-n1c(NSC(C)C(OC)c2ncc(Cl)cn2)nnc1C1CCOC1C. The molecule has 1 aromatic carbocycles. The minimum atomic E-state index is -0.371. The van der Waals surface area contributed by atoms with Crippen molar-refractivity contribution in [1.29, 1.82) is 0 Å². The highest BCUT2D eigenvalue weighted by Crippen LogP contribution is 2.40. The molecule has 0 bridgehead atoms. The van der Waals surface area contributed by atoms with Crippen LogP contribution in [-0.2, 0) is 9.47 Å². The zero-order chi connectivity index (χ0) is 24.9. The maximum atomic E-state index is 5.94. The van der Waals surface area contributed by atoms with Gasteiger partial charge in [-0.3, -0.25) is 9.29 Å². The van der Waals surface area contributed by atoms with Crippen LogP contribution in [0.4, 0.5) is 5.95 Å². The molecule has 1 aliphatic rings. The molecule has 3 heterocycles. The Kier molecular flexibility index (Phi) is 8.32. The number of ether oxygens (including phenoxy) is 4. The third kappa shape index (κ3) is 5.32. The van der Waals surface area contributed by atoms with Gasteiger partial charge in [0.15, 0.2) is 5.82 Å². The van der Waals surface area contributed by atoms with E-state index in [1.54, 1.807) is 33.7 Å². The summed E-state index contributed by atoms with van der Waals surface area (Å²) in [7, 11) is 4.88. The highest BCUT2D eigenvalue weighted by Gasteiger charge is 2.34. The molecule has 3 aromatic rings. The van der Waals surface area contributed by atoms with E-state index in [1.165, 1.54) is 11.9 Å². The van der Waals surface area contributed by atoms with E-state index in [9.17, 15) is 0 Å². The predicted octanol–water partition coefficient (Wildman–Crippen LogP) is 4.46. The molecule has 1 N–H and O–H groups in total. The number of aromatic nitrogens is 5. The molecule has 0 amide bonds. The first kappa shape index (κ1) is 25.5. The van der Waals surface area contributed by atoms with E-state index in [0.29, 0.717) is 34.9 Å². The summed E-state index contributed by atoms with van der Waals surface area (Å²) in [6, 6.07) is 5.65. The van der Waals surface area contributed by atoms with Crippen LogP contribution in [0, 0.1) is 0 Å². The van der Waals surface area contributed by atoms with E-state index in [0.717, 1.165) is 17.9 Å². The van der Waals surface area contributed by atoms with Crippen molar-refractivity contribution in [2.75, 3.05) is 32.7 Å². The molecule has 188 valence electrons. The molecule has 35 heavy (non-hydrogen) atoms. The molecule has 0 radical (unpaired) electrons. The van der Waals surface area contributed by atoms with Gasteiger partial charge in [-0.05, 0) is 44.3 Å². The van der Waals surface area contributed by atoms with Crippen LogP contribution in [0.2, 0.25) is 5.02 Å². The Balaban J connectivity index is 1.68. The Labute approximate surface area is 213 Å².